The Balaban J connectivity index is 1.66. The van der Waals surface area contributed by atoms with Gasteiger partial charge in [-0.25, -0.2) is 8.42 Å². The minimum absolute atomic E-state index is 0.166. The van der Waals surface area contributed by atoms with E-state index < -0.39 is 10.0 Å². The monoisotopic (exact) mass is 414 g/mol. The molecule has 0 aromatic heterocycles. The van der Waals surface area contributed by atoms with Crippen LogP contribution in [0.1, 0.15) is 0 Å². The summed E-state index contributed by atoms with van der Waals surface area (Å²) in [6.45, 7) is 0. The summed E-state index contributed by atoms with van der Waals surface area (Å²) in [4.78, 5) is 2.11. The van der Waals surface area contributed by atoms with E-state index in [2.05, 4.69) is 10.0 Å². The van der Waals surface area contributed by atoms with E-state index in [1.165, 1.54) is 19.2 Å². The van der Waals surface area contributed by atoms with Crippen molar-refractivity contribution in [1.82, 2.24) is 0 Å². The van der Waals surface area contributed by atoms with Crippen LogP contribution in [0.5, 0.6) is 11.5 Å². The molecule has 0 fully saturated rings. The van der Waals surface area contributed by atoms with Gasteiger partial charge in [0, 0.05) is 9.79 Å². The number of para-hydroxylation sites is 1. The average molecular weight is 415 g/mol. The smallest absolute Gasteiger partial charge is 0.261 e. The van der Waals surface area contributed by atoms with Gasteiger partial charge in [-0.1, -0.05) is 17.8 Å². The Morgan fingerprint density at radius 2 is 1.61 bits per heavy atom. The predicted octanol–water partition coefficient (Wildman–Crippen LogP) is 4.71. The van der Waals surface area contributed by atoms with E-state index in [0.29, 0.717) is 11.4 Å². The van der Waals surface area contributed by atoms with Crippen molar-refractivity contribution in [2.45, 2.75) is 14.7 Å². The van der Waals surface area contributed by atoms with Crippen LogP contribution in [-0.2, 0) is 10.0 Å². The van der Waals surface area contributed by atoms with Crippen molar-refractivity contribution in [1.29, 1.82) is 0 Å². The summed E-state index contributed by atoms with van der Waals surface area (Å²) in [5.74, 6) is 1.37. The summed E-state index contributed by atoms with van der Waals surface area (Å²) in [6, 6.07) is 17.5. The molecule has 3 aromatic carbocycles. The predicted molar refractivity (Wildman–Crippen MR) is 111 cm³/mol. The SMILES string of the molecule is COc1ccc(S(=O)(=O)Nc2cccc3c2Nc2ccc(OC)cc2S3)cc1. The molecule has 6 nitrogen and oxygen atoms in total. The van der Waals surface area contributed by atoms with Crippen LogP contribution in [0.3, 0.4) is 0 Å². The van der Waals surface area contributed by atoms with E-state index in [1.807, 2.05) is 30.3 Å². The number of fused-ring (bicyclic) bond motifs is 2. The van der Waals surface area contributed by atoms with Gasteiger partial charge in [-0.2, -0.15) is 0 Å². The summed E-state index contributed by atoms with van der Waals surface area (Å²) in [6.07, 6.45) is 0. The number of hydrogen-bond donors (Lipinski definition) is 2. The van der Waals surface area contributed by atoms with Crippen molar-refractivity contribution in [3.05, 3.63) is 60.7 Å². The quantitative estimate of drug-likeness (QED) is 0.492. The topological polar surface area (TPSA) is 76.7 Å². The summed E-state index contributed by atoms with van der Waals surface area (Å²) >= 11 is 1.56. The molecule has 8 heteroatoms. The third-order valence-corrected chi connectivity index (χ3v) is 6.81. The Kier molecular flexibility index (Phi) is 4.82. The van der Waals surface area contributed by atoms with Crippen LogP contribution in [0.25, 0.3) is 0 Å². The Morgan fingerprint density at radius 1 is 0.893 bits per heavy atom. The summed E-state index contributed by atoms with van der Waals surface area (Å²) in [5.41, 5.74) is 2.11. The second-order valence-electron chi connectivity index (χ2n) is 6.05. The van der Waals surface area contributed by atoms with Crippen molar-refractivity contribution < 1.29 is 17.9 Å². The minimum Gasteiger partial charge on any atom is -0.497 e. The number of nitrogens with one attached hydrogen (secondary N) is 2. The maximum atomic E-state index is 12.8. The fourth-order valence-corrected chi connectivity index (χ4v) is 4.98. The molecule has 0 saturated heterocycles. The maximum Gasteiger partial charge on any atom is 0.261 e. The minimum atomic E-state index is -3.73. The Labute approximate surface area is 167 Å². The van der Waals surface area contributed by atoms with Gasteiger partial charge in [0.2, 0.25) is 0 Å². The van der Waals surface area contributed by atoms with Crippen LogP contribution < -0.4 is 19.5 Å². The van der Waals surface area contributed by atoms with Gasteiger partial charge in [0.15, 0.2) is 0 Å². The van der Waals surface area contributed by atoms with Gasteiger partial charge in [-0.15, -0.1) is 0 Å². The number of sulfonamides is 1. The molecule has 0 aliphatic carbocycles. The lowest BCUT2D eigenvalue weighted by molar-refractivity contribution is 0.414. The largest absolute Gasteiger partial charge is 0.497 e. The molecule has 0 saturated carbocycles. The second kappa shape index (κ2) is 7.29. The molecule has 0 unspecified atom stereocenters. The Bertz CT molecular complexity index is 1130. The fourth-order valence-electron chi connectivity index (χ4n) is 2.86. The number of rotatable bonds is 5. The van der Waals surface area contributed by atoms with E-state index in [0.717, 1.165) is 26.9 Å². The first-order valence-electron chi connectivity index (χ1n) is 8.43. The molecule has 0 atom stereocenters. The lowest BCUT2D eigenvalue weighted by Gasteiger charge is -2.24. The Morgan fingerprint density at radius 3 is 2.32 bits per heavy atom. The molecule has 1 heterocycles. The van der Waals surface area contributed by atoms with Crippen molar-refractivity contribution >= 4 is 38.8 Å². The average Bonchev–Trinajstić information content (AvgIpc) is 2.72. The summed E-state index contributed by atoms with van der Waals surface area (Å²) < 4.78 is 38.7. The summed E-state index contributed by atoms with van der Waals surface area (Å²) in [5, 5.41) is 3.33. The highest BCUT2D eigenvalue weighted by molar-refractivity contribution is 7.99. The molecular formula is C20H18N2O4S2. The fraction of sp³-hybridized carbons (Fsp3) is 0.100. The first-order valence-corrected chi connectivity index (χ1v) is 10.7. The molecule has 3 aromatic rings. The highest BCUT2D eigenvalue weighted by Crippen LogP contribution is 2.48. The highest BCUT2D eigenvalue weighted by Gasteiger charge is 2.22. The number of ether oxygens (including phenoxy) is 2. The van der Waals surface area contributed by atoms with Crippen LogP contribution >= 0.6 is 11.8 Å². The zero-order valence-corrected chi connectivity index (χ0v) is 16.9. The highest BCUT2D eigenvalue weighted by atomic mass is 32.2. The van der Waals surface area contributed by atoms with E-state index in [9.17, 15) is 8.42 Å². The van der Waals surface area contributed by atoms with Gasteiger partial charge in [0.1, 0.15) is 11.5 Å². The van der Waals surface area contributed by atoms with Crippen LogP contribution in [0.4, 0.5) is 17.1 Å². The molecule has 0 spiro atoms. The lowest BCUT2D eigenvalue weighted by atomic mass is 10.2. The van der Waals surface area contributed by atoms with Gasteiger partial charge in [-0.3, -0.25) is 4.72 Å². The van der Waals surface area contributed by atoms with Gasteiger partial charge < -0.3 is 14.8 Å². The third kappa shape index (κ3) is 3.48. The molecule has 0 bridgehead atoms. The van der Waals surface area contributed by atoms with Crippen LogP contribution in [0.2, 0.25) is 0 Å². The normalized spacial score (nSPS) is 12.4. The molecule has 0 radical (unpaired) electrons. The lowest BCUT2D eigenvalue weighted by Crippen LogP contribution is -2.15. The van der Waals surface area contributed by atoms with Crippen LogP contribution in [0.15, 0.2) is 75.4 Å². The molecule has 2 N–H and O–H groups in total. The molecular weight excluding hydrogens is 396 g/mol. The first-order chi connectivity index (χ1) is 13.5. The van der Waals surface area contributed by atoms with Gasteiger partial charge >= 0.3 is 0 Å². The van der Waals surface area contributed by atoms with Crippen LogP contribution in [0, 0.1) is 0 Å². The maximum absolute atomic E-state index is 12.8. The third-order valence-electron chi connectivity index (χ3n) is 4.31. The van der Waals surface area contributed by atoms with E-state index in [1.54, 1.807) is 37.1 Å². The molecule has 0 amide bonds. The van der Waals surface area contributed by atoms with Crippen molar-refractivity contribution in [3.8, 4) is 11.5 Å². The zero-order valence-electron chi connectivity index (χ0n) is 15.2. The van der Waals surface area contributed by atoms with E-state index in [-0.39, 0.29) is 4.90 Å². The van der Waals surface area contributed by atoms with Crippen LogP contribution in [-0.4, -0.2) is 22.6 Å². The van der Waals surface area contributed by atoms with Gasteiger partial charge in [0.25, 0.3) is 10.0 Å². The number of hydrogen-bond acceptors (Lipinski definition) is 6. The van der Waals surface area contributed by atoms with Gasteiger partial charge in [-0.05, 0) is 54.6 Å². The van der Waals surface area contributed by atoms with Crippen molar-refractivity contribution in [3.63, 3.8) is 0 Å². The van der Waals surface area contributed by atoms with Gasteiger partial charge in [0.05, 0.1) is 36.2 Å². The standard InChI is InChI=1S/C20H18N2O4S2/c1-25-13-6-9-15(10-7-13)28(23,24)22-17-4-3-5-18-20(17)21-16-11-8-14(26-2)12-19(16)27-18/h3-12,21-22H,1-2H3. The summed E-state index contributed by atoms with van der Waals surface area (Å²) in [7, 11) is -0.571. The van der Waals surface area contributed by atoms with E-state index >= 15 is 0 Å². The number of methoxy groups -OCH3 is 2. The first kappa shape index (κ1) is 18.5. The Hall–Kier alpha value is -2.84. The van der Waals surface area contributed by atoms with Crippen molar-refractivity contribution in [2.75, 3.05) is 24.3 Å². The number of anilines is 3. The van der Waals surface area contributed by atoms with E-state index in [4.69, 9.17) is 9.47 Å². The molecule has 28 heavy (non-hydrogen) atoms. The molecule has 1 aliphatic heterocycles. The van der Waals surface area contributed by atoms with Crippen molar-refractivity contribution in [2.24, 2.45) is 0 Å². The zero-order chi connectivity index (χ0) is 19.7. The molecule has 1 aliphatic rings. The molecule has 144 valence electrons. The second-order valence-corrected chi connectivity index (χ2v) is 8.82. The number of benzene rings is 3. The molecule has 4 rings (SSSR count).